The Morgan fingerprint density at radius 1 is 0.929 bits per heavy atom. The smallest absolute Gasteiger partial charge is 0.0930 e. The molecule has 70 valence electrons. The lowest BCUT2D eigenvalue weighted by Gasteiger charge is -2.03. The van der Waals surface area contributed by atoms with Crippen LogP contribution in [0.1, 0.15) is 5.56 Å². The summed E-state index contributed by atoms with van der Waals surface area (Å²) in [6.07, 6.45) is 0. The first-order chi connectivity index (χ1) is 6.83. The molecular weight excluding hydrogens is 172 g/mol. The minimum absolute atomic E-state index is 0.939. The topological polar surface area (TPSA) is 24.7 Å². The number of benzene rings is 2. The van der Waals surface area contributed by atoms with Crippen LogP contribution in [0, 0.1) is 6.92 Å². The Morgan fingerprint density at radius 3 is 2.36 bits per heavy atom. The van der Waals surface area contributed by atoms with Crippen LogP contribution in [0.3, 0.4) is 0 Å². The van der Waals surface area contributed by atoms with Crippen LogP contribution in [-0.4, -0.2) is 7.05 Å². The predicted molar refractivity (Wildman–Crippen MR) is 59.1 cm³/mol. The highest BCUT2D eigenvalue weighted by atomic mass is 15.1. The van der Waals surface area contributed by atoms with E-state index in [1.54, 1.807) is 7.05 Å². The van der Waals surface area contributed by atoms with Gasteiger partial charge in [-0.05, 0) is 23.9 Å². The maximum absolute atomic E-state index is 4.10. The zero-order chi connectivity index (χ0) is 9.97. The molecule has 14 heavy (non-hydrogen) atoms. The van der Waals surface area contributed by atoms with Gasteiger partial charge in [0.05, 0.1) is 5.69 Å². The largest absolute Gasteiger partial charge is 0.192 e. The monoisotopic (exact) mass is 184 g/mol. The molecule has 2 nitrogen and oxygen atoms in total. The van der Waals surface area contributed by atoms with E-state index in [1.165, 1.54) is 10.9 Å². The van der Waals surface area contributed by atoms with Gasteiger partial charge in [0.1, 0.15) is 0 Å². The van der Waals surface area contributed by atoms with Gasteiger partial charge in [-0.25, -0.2) is 0 Å². The van der Waals surface area contributed by atoms with Crippen LogP contribution < -0.4 is 0 Å². The summed E-state index contributed by atoms with van der Waals surface area (Å²) in [6.45, 7) is 2.11. The zero-order valence-corrected chi connectivity index (χ0v) is 8.36. The van der Waals surface area contributed by atoms with Gasteiger partial charge in [0.2, 0.25) is 0 Å². The van der Waals surface area contributed by atoms with Crippen LogP contribution in [0.2, 0.25) is 0 Å². The molecule has 2 heteroatoms. The first kappa shape index (κ1) is 8.88. The molecule has 0 fully saturated rings. The molecular formula is C12H12N2. The molecule has 0 saturated carbocycles. The molecule has 0 N–H and O–H groups in total. The van der Waals surface area contributed by atoms with Crippen molar-refractivity contribution in [3.05, 3.63) is 42.0 Å². The van der Waals surface area contributed by atoms with Gasteiger partial charge in [0, 0.05) is 12.4 Å². The van der Waals surface area contributed by atoms with Crippen LogP contribution in [-0.2, 0) is 0 Å². The summed E-state index contributed by atoms with van der Waals surface area (Å²) in [5, 5.41) is 10.3. The minimum Gasteiger partial charge on any atom is -0.192 e. The highest BCUT2D eigenvalue weighted by Gasteiger charge is 2.00. The normalized spacial score (nSPS) is 11.3. The molecule has 0 aromatic heterocycles. The fraction of sp³-hybridized carbons (Fsp3) is 0.167. The molecule has 0 saturated heterocycles. The van der Waals surface area contributed by atoms with E-state index < -0.39 is 0 Å². The van der Waals surface area contributed by atoms with E-state index in [4.69, 9.17) is 0 Å². The Hall–Kier alpha value is -1.70. The fourth-order valence-electron chi connectivity index (χ4n) is 1.63. The lowest BCUT2D eigenvalue weighted by atomic mass is 10.0. The van der Waals surface area contributed by atoms with Crippen molar-refractivity contribution in [2.24, 2.45) is 10.2 Å². The molecule has 0 amide bonds. The summed E-state index contributed by atoms with van der Waals surface area (Å²) in [7, 11) is 1.69. The van der Waals surface area contributed by atoms with E-state index in [9.17, 15) is 0 Å². The number of rotatable bonds is 1. The second-order valence-corrected chi connectivity index (χ2v) is 3.25. The summed E-state index contributed by atoms with van der Waals surface area (Å²) in [6, 6.07) is 12.3. The standard InChI is InChI=1S/C12H12N2/c1-9-7-8-12(14-13-2)11-6-4-3-5-10(9)11/h3-8H,1-2H3/b14-13+. The van der Waals surface area contributed by atoms with Crippen molar-refractivity contribution < 1.29 is 0 Å². The summed E-state index contributed by atoms with van der Waals surface area (Å²) < 4.78 is 0. The van der Waals surface area contributed by atoms with Gasteiger partial charge in [-0.15, -0.1) is 0 Å². The molecule has 0 atom stereocenters. The van der Waals surface area contributed by atoms with Gasteiger partial charge in [-0.2, -0.15) is 10.2 Å². The number of nitrogens with zero attached hydrogens (tertiary/aromatic N) is 2. The molecule has 0 aliphatic carbocycles. The third kappa shape index (κ3) is 1.39. The Bertz CT molecular complexity index is 487. The Kier molecular flexibility index (Phi) is 2.27. The second-order valence-electron chi connectivity index (χ2n) is 3.25. The predicted octanol–water partition coefficient (Wildman–Crippen LogP) is 3.86. The van der Waals surface area contributed by atoms with E-state index >= 15 is 0 Å². The third-order valence-corrected chi connectivity index (χ3v) is 2.33. The molecule has 2 aromatic carbocycles. The summed E-state index contributed by atoms with van der Waals surface area (Å²) in [5.41, 5.74) is 2.21. The van der Waals surface area contributed by atoms with Gasteiger partial charge in [0.15, 0.2) is 0 Å². The molecule has 0 aliphatic heterocycles. The van der Waals surface area contributed by atoms with Crippen LogP contribution in [0.15, 0.2) is 46.6 Å². The molecule has 0 unspecified atom stereocenters. The highest BCUT2D eigenvalue weighted by Crippen LogP contribution is 2.28. The molecule has 0 bridgehead atoms. The van der Waals surface area contributed by atoms with Crippen molar-refractivity contribution in [2.75, 3.05) is 7.05 Å². The van der Waals surface area contributed by atoms with E-state index in [0.29, 0.717) is 0 Å². The quantitative estimate of drug-likeness (QED) is 0.601. The van der Waals surface area contributed by atoms with E-state index in [0.717, 1.165) is 11.1 Å². The molecule has 0 spiro atoms. The van der Waals surface area contributed by atoms with Gasteiger partial charge < -0.3 is 0 Å². The summed E-state index contributed by atoms with van der Waals surface area (Å²) >= 11 is 0. The Morgan fingerprint density at radius 2 is 1.64 bits per heavy atom. The van der Waals surface area contributed by atoms with Crippen molar-refractivity contribution in [2.45, 2.75) is 6.92 Å². The highest BCUT2D eigenvalue weighted by molar-refractivity contribution is 5.94. The van der Waals surface area contributed by atoms with Crippen LogP contribution in [0.25, 0.3) is 10.8 Å². The number of aryl methyl sites for hydroxylation is 1. The molecule has 0 radical (unpaired) electrons. The van der Waals surface area contributed by atoms with Crippen molar-refractivity contribution in [1.29, 1.82) is 0 Å². The Balaban J connectivity index is 2.81. The van der Waals surface area contributed by atoms with Crippen molar-refractivity contribution in [1.82, 2.24) is 0 Å². The fourth-order valence-corrected chi connectivity index (χ4v) is 1.63. The number of hydrogen-bond acceptors (Lipinski definition) is 2. The first-order valence-corrected chi connectivity index (χ1v) is 4.61. The van der Waals surface area contributed by atoms with Crippen molar-refractivity contribution in [3.8, 4) is 0 Å². The van der Waals surface area contributed by atoms with Gasteiger partial charge >= 0.3 is 0 Å². The molecule has 0 heterocycles. The van der Waals surface area contributed by atoms with Gasteiger partial charge in [-0.3, -0.25) is 0 Å². The van der Waals surface area contributed by atoms with Gasteiger partial charge in [-0.1, -0.05) is 30.3 Å². The van der Waals surface area contributed by atoms with E-state index in [2.05, 4.69) is 35.4 Å². The average Bonchev–Trinajstić information content (AvgIpc) is 2.23. The third-order valence-electron chi connectivity index (χ3n) is 2.33. The van der Waals surface area contributed by atoms with Crippen molar-refractivity contribution in [3.63, 3.8) is 0 Å². The molecule has 2 rings (SSSR count). The summed E-state index contributed by atoms with van der Waals surface area (Å²) in [4.78, 5) is 0. The van der Waals surface area contributed by atoms with Crippen LogP contribution in [0.4, 0.5) is 5.69 Å². The number of hydrogen-bond donors (Lipinski definition) is 0. The van der Waals surface area contributed by atoms with E-state index in [1.807, 2.05) is 18.2 Å². The first-order valence-electron chi connectivity index (χ1n) is 4.61. The van der Waals surface area contributed by atoms with Crippen LogP contribution in [0.5, 0.6) is 0 Å². The van der Waals surface area contributed by atoms with E-state index in [-0.39, 0.29) is 0 Å². The maximum Gasteiger partial charge on any atom is 0.0930 e. The molecule has 0 aliphatic rings. The van der Waals surface area contributed by atoms with Crippen molar-refractivity contribution >= 4 is 16.5 Å². The lowest BCUT2D eigenvalue weighted by Crippen LogP contribution is -1.77. The number of fused-ring (bicyclic) bond motifs is 1. The maximum atomic E-state index is 4.10. The van der Waals surface area contributed by atoms with Crippen LogP contribution >= 0.6 is 0 Å². The number of azo groups is 1. The lowest BCUT2D eigenvalue weighted by molar-refractivity contribution is 1.17. The molecule has 2 aromatic rings. The second kappa shape index (κ2) is 3.58. The van der Waals surface area contributed by atoms with Gasteiger partial charge in [0.25, 0.3) is 0 Å². The SMILES string of the molecule is C/N=N/c1ccc(C)c2ccccc12. The average molecular weight is 184 g/mol. The zero-order valence-electron chi connectivity index (χ0n) is 8.36. The Labute approximate surface area is 83.3 Å². The summed E-state index contributed by atoms with van der Waals surface area (Å²) in [5.74, 6) is 0. The minimum atomic E-state index is 0.939.